The van der Waals surface area contributed by atoms with Crippen molar-refractivity contribution < 1.29 is 0 Å². The molecular weight excluding hydrogens is 158 g/mol. The maximum absolute atomic E-state index is 3.59. The predicted octanol–water partition coefficient (Wildman–Crippen LogP) is 3.51. The predicted molar refractivity (Wildman–Crippen MR) is 62.7 cm³/mol. The Morgan fingerprint density at radius 2 is 1.77 bits per heavy atom. The van der Waals surface area contributed by atoms with Crippen molar-refractivity contribution >= 4 is 0 Å². The molecule has 76 valence electrons. The van der Waals surface area contributed by atoms with Gasteiger partial charge in [0.25, 0.3) is 0 Å². The molecule has 0 aromatic carbocycles. The van der Waals surface area contributed by atoms with Gasteiger partial charge in [-0.1, -0.05) is 52.5 Å². The molecule has 0 amide bonds. The molecule has 13 heavy (non-hydrogen) atoms. The van der Waals surface area contributed by atoms with Gasteiger partial charge in [-0.3, -0.25) is 0 Å². The second-order valence-corrected chi connectivity index (χ2v) is 2.65. The van der Waals surface area contributed by atoms with Gasteiger partial charge >= 0.3 is 0 Å². The first-order valence-electron chi connectivity index (χ1n) is 4.89. The van der Waals surface area contributed by atoms with Gasteiger partial charge in [0.1, 0.15) is 0 Å². The molecule has 0 aliphatic rings. The molecule has 0 atom stereocenters. The fourth-order valence-corrected chi connectivity index (χ4v) is 0.802. The van der Waals surface area contributed by atoms with Crippen LogP contribution in [0.4, 0.5) is 0 Å². The molecule has 0 heterocycles. The van der Waals surface area contributed by atoms with E-state index in [9.17, 15) is 0 Å². The average Bonchev–Trinajstić information content (AvgIpc) is 2.15. The smallest absolute Gasteiger partial charge is 0.0130 e. The Balaban J connectivity index is 0. The van der Waals surface area contributed by atoms with Gasteiger partial charge in [-0.2, -0.15) is 0 Å². The lowest BCUT2D eigenvalue weighted by molar-refractivity contribution is 0.699. The van der Waals surface area contributed by atoms with Crippen molar-refractivity contribution in [2.45, 2.75) is 27.7 Å². The van der Waals surface area contributed by atoms with E-state index in [-0.39, 0.29) is 0 Å². The number of hydrogen-bond donors (Lipinski definition) is 1. The van der Waals surface area contributed by atoms with Crippen molar-refractivity contribution in [3.63, 3.8) is 0 Å². The Morgan fingerprint density at radius 3 is 2.08 bits per heavy atom. The summed E-state index contributed by atoms with van der Waals surface area (Å²) in [5.74, 6) is 0.550. The van der Waals surface area contributed by atoms with Gasteiger partial charge in [0.05, 0.1) is 0 Å². The molecule has 0 aromatic heterocycles. The van der Waals surface area contributed by atoms with Crippen molar-refractivity contribution in [1.29, 1.82) is 0 Å². The van der Waals surface area contributed by atoms with Gasteiger partial charge in [-0.25, -0.2) is 0 Å². The Hall–Kier alpha value is -0.980. The third-order valence-corrected chi connectivity index (χ3v) is 1.43. The van der Waals surface area contributed by atoms with Crippen LogP contribution in [0, 0.1) is 5.92 Å². The maximum atomic E-state index is 3.59. The lowest BCUT2D eigenvalue weighted by Crippen LogP contribution is -2.10. The van der Waals surface area contributed by atoms with E-state index in [0.29, 0.717) is 5.92 Å². The Bertz CT molecular complexity index is 164. The summed E-state index contributed by atoms with van der Waals surface area (Å²) < 4.78 is 0. The molecule has 1 heteroatoms. The molecule has 0 spiro atoms. The minimum absolute atomic E-state index is 0.550. The van der Waals surface area contributed by atoms with Gasteiger partial charge in [0, 0.05) is 12.7 Å². The molecule has 0 aromatic rings. The highest BCUT2D eigenvalue weighted by Crippen LogP contribution is 2.04. The lowest BCUT2D eigenvalue weighted by Gasteiger charge is -2.08. The number of allylic oxidation sites excluding steroid dienone is 5. The van der Waals surface area contributed by atoms with Gasteiger partial charge in [0.15, 0.2) is 0 Å². The largest absolute Gasteiger partial charge is 0.391 e. The molecule has 0 radical (unpaired) electrons. The summed E-state index contributed by atoms with van der Waals surface area (Å²) in [5, 5.41) is 3.14. The molecule has 0 rings (SSSR count). The van der Waals surface area contributed by atoms with E-state index in [1.807, 2.05) is 33.0 Å². The molecule has 0 unspecified atom stereocenters. The zero-order chi connectivity index (χ0) is 10.7. The van der Waals surface area contributed by atoms with Gasteiger partial charge in [-0.05, 0) is 12.0 Å². The van der Waals surface area contributed by atoms with Crippen LogP contribution in [0.15, 0.2) is 36.6 Å². The number of nitrogens with one attached hydrogen (secondary N) is 1. The van der Waals surface area contributed by atoms with Crippen LogP contribution in [-0.2, 0) is 0 Å². The first-order valence-corrected chi connectivity index (χ1v) is 4.89. The highest BCUT2D eigenvalue weighted by atomic mass is 14.8. The standard InChI is InChI=1S/C10H17N.C2H6/c1-5-6-7-8-10(11-4)9(2)3;1-2/h5-9,11H,1H2,2-4H3;1-2H3/b7-6-,10-8+;. The van der Waals surface area contributed by atoms with E-state index >= 15 is 0 Å². The summed E-state index contributed by atoms with van der Waals surface area (Å²) in [6.45, 7) is 11.9. The third-order valence-electron chi connectivity index (χ3n) is 1.43. The van der Waals surface area contributed by atoms with Crippen molar-refractivity contribution in [2.24, 2.45) is 5.92 Å². The van der Waals surface area contributed by atoms with Crippen LogP contribution in [0.5, 0.6) is 0 Å². The second-order valence-electron chi connectivity index (χ2n) is 2.65. The Morgan fingerprint density at radius 1 is 1.23 bits per heavy atom. The summed E-state index contributed by atoms with van der Waals surface area (Å²) in [7, 11) is 1.94. The van der Waals surface area contributed by atoms with Crippen molar-refractivity contribution in [3.8, 4) is 0 Å². The topological polar surface area (TPSA) is 12.0 Å². The van der Waals surface area contributed by atoms with E-state index in [2.05, 4.69) is 31.8 Å². The molecule has 0 saturated heterocycles. The van der Waals surface area contributed by atoms with Crippen molar-refractivity contribution in [1.82, 2.24) is 5.32 Å². The average molecular weight is 181 g/mol. The quantitative estimate of drug-likeness (QED) is 0.654. The highest BCUT2D eigenvalue weighted by Gasteiger charge is 1.96. The fourth-order valence-electron chi connectivity index (χ4n) is 0.802. The fraction of sp³-hybridized carbons (Fsp3) is 0.500. The third kappa shape index (κ3) is 8.93. The van der Waals surface area contributed by atoms with E-state index in [4.69, 9.17) is 0 Å². The first kappa shape index (κ1) is 14.5. The molecule has 0 aliphatic carbocycles. The van der Waals surface area contributed by atoms with Crippen LogP contribution in [-0.4, -0.2) is 7.05 Å². The summed E-state index contributed by atoms with van der Waals surface area (Å²) in [4.78, 5) is 0. The molecular formula is C12H23N. The minimum Gasteiger partial charge on any atom is -0.391 e. The zero-order valence-corrected chi connectivity index (χ0v) is 9.59. The summed E-state index contributed by atoms with van der Waals surface area (Å²) in [5.41, 5.74) is 1.24. The monoisotopic (exact) mass is 181 g/mol. The summed E-state index contributed by atoms with van der Waals surface area (Å²) >= 11 is 0. The van der Waals surface area contributed by atoms with Crippen molar-refractivity contribution in [3.05, 3.63) is 36.6 Å². The maximum Gasteiger partial charge on any atom is 0.0130 e. The SMILES string of the molecule is C=C/C=C\C=C(\NC)C(C)C.CC. The van der Waals surface area contributed by atoms with E-state index in [1.165, 1.54) is 5.70 Å². The minimum atomic E-state index is 0.550. The molecule has 0 aliphatic heterocycles. The van der Waals surface area contributed by atoms with Crippen LogP contribution in [0.25, 0.3) is 0 Å². The Kier molecular flexibility index (Phi) is 12.3. The van der Waals surface area contributed by atoms with Crippen molar-refractivity contribution in [2.75, 3.05) is 7.05 Å². The number of rotatable bonds is 4. The summed E-state index contributed by atoms with van der Waals surface area (Å²) in [6, 6.07) is 0. The first-order chi connectivity index (χ1) is 6.22. The van der Waals surface area contributed by atoms with Crippen LogP contribution >= 0.6 is 0 Å². The molecule has 1 nitrogen and oxygen atoms in total. The highest BCUT2D eigenvalue weighted by molar-refractivity contribution is 5.15. The second kappa shape index (κ2) is 11.0. The number of hydrogen-bond acceptors (Lipinski definition) is 1. The normalized spacial score (nSPS) is 11.1. The van der Waals surface area contributed by atoms with E-state index in [1.54, 1.807) is 6.08 Å². The van der Waals surface area contributed by atoms with Crippen LogP contribution in [0.2, 0.25) is 0 Å². The molecule has 1 N–H and O–H groups in total. The van der Waals surface area contributed by atoms with Crippen LogP contribution in [0.1, 0.15) is 27.7 Å². The van der Waals surface area contributed by atoms with Gasteiger partial charge in [-0.15, -0.1) is 0 Å². The molecule has 0 fully saturated rings. The van der Waals surface area contributed by atoms with Gasteiger partial charge < -0.3 is 5.32 Å². The summed E-state index contributed by atoms with van der Waals surface area (Å²) in [6.07, 6.45) is 7.73. The van der Waals surface area contributed by atoms with E-state index in [0.717, 1.165) is 0 Å². The van der Waals surface area contributed by atoms with Gasteiger partial charge in [0.2, 0.25) is 0 Å². The molecule has 0 saturated carbocycles. The van der Waals surface area contributed by atoms with Crippen LogP contribution in [0.3, 0.4) is 0 Å². The lowest BCUT2D eigenvalue weighted by atomic mass is 10.1. The van der Waals surface area contributed by atoms with E-state index < -0.39 is 0 Å². The molecule has 0 bridgehead atoms. The van der Waals surface area contributed by atoms with Crippen LogP contribution < -0.4 is 5.32 Å². The zero-order valence-electron chi connectivity index (χ0n) is 9.59. The Labute approximate surface area is 83.2 Å².